The van der Waals surface area contributed by atoms with E-state index in [1.165, 1.54) is 0 Å². The van der Waals surface area contributed by atoms with Crippen molar-refractivity contribution in [3.63, 3.8) is 0 Å². The first-order valence-electron chi connectivity index (χ1n) is 10.6. The fourth-order valence-corrected chi connectivity index (χ4v) is 4.07. The first-order valence-corrected chi connectivity index (χ1v) is 10.6. The van der Waals surface area contributed by atoms with E-state index in [0.717, 1.165) is 16.0 Å². The summed E-state index contributed by atoms with van der Waals surface area (Å²) in [5, 5.41) is 5.75. The minimum Gasteiger partial charge on any atom is -0.348 e. The van der Waals surface area contributed by atoms with E-state index < -0.39 is 23.4 Å². The van der Waals surface area contributed by atoms with Gasteiger partial charge in [-0.1, -0.05) is 91.0 Å². The molecule has 6 nitrogen and oxygen atoms in total. The van der Waals surface area contributed by atoms with E-state index in [0.29, 0.717) is 12.0 Å². The van der Waals surface area contributed by atoms with Gasteiger partial charge in [0.05, 0.1) is 6.04 Å². The van der Waals surface area contributed by atoms with Crippen LogP contribution in [-0.2, 0) is 21.5 Å². The van der Waals surface area contributed by atoms with Gasteiger partial charge >= 0.3 is 6.03 Å². The molecule has 1 aliphatic rings. The number of imide groups is 1. The average molecular weight is 428 g/mol. The number of amides is 4. The van der Waals surface area contributed by atoms with Crippen LogP contribution in [0.1, 0.15) is 29.7 Å². The monoisotopic (exact) mass is 427 g/mol. The maximum Gasteiger partial charge on any atom is 0.325 e. The molecule has 0 unspecified atom stereocenters. The summed E-state index contributed by atoms with van der Waals surface area (Å²) in [4.78, 5) is 40.2. The Morgan fingerprint density at radius 1 is 0.906 bits per heavy atom. The standard InChI is InChI=1S/C26H25N3O3/c1-19(21-13-7-3-8-14-21)27-23(30)18-29-24(31)26(28-25(29)32,22-15-9-4-10-16-22)17-20-11-5-2-6-12-20/h2-16,19H,17-18H2,1H3,(H,27,30)(H,28,32)/t19-,26+/m1/s1. The highest BCUT2D eigenvalue weighted by atomic mass is 16.2. The lowest BCUT2D eigenvalue weighted by Crippen LogP contribution is -2.47. The van der Waals surface area contributed by atoms with Gasteiger partial charge in [-0.25, -0.2) is 4.79 Å². The highest BCUT2D eigenvalue weighted by molar-refractivity contribution is 6.09. The Kier molecular flexibility index (Phi) is 6.03. The molecular formula is C26H25N3O3. The van der Waals surface area contributed by atoms with Crippen molar-refractivity contribution in [2.75, 3.05) is 6.54 Å². The van der Waals surface area contributed by atoms with E-state index in [4.69, 9.17) is 0 Å². The van der Waals surface area contributed by atoms with Crippen LogP contribution in [0.4, 0.5) is 4.79 Å². The molecular weight excluding hydrogens is 402 g/mol. The summed E-state index contributed by atoms with van der Waals surface area (Å²) in [6.45, 7) is 1.52. The lowest BCUT2D eigenvalue weighted by atomic mass is 9.83. The molecule has 1 aliphatic heterocycles. The number of nitrogens with one attached hydrogen (secondary N) is 2. The molecule has 4 amide bonds. The summed E-state index contributed by atoms with van der Waals surface area (Å²) in [5.41, 5.74) is 1.28. The smallest absolute Gasteiger partial charge is 0.325 e. The Morgan fingerprint density at radius 3 is 2.09 bits per heavy atom. The first kappa shape index (κ1) is 21.3. The van der Waals surface area contributed by atoms with Gasteiger partial charge in [0.2, 0.25) is 5.91 Å². The van der Waals surface area contributed by atoms with Crippen LogP contribution in [0.15, 0.2) is 91.0 Å². The summed E-state index contributed by atoms with van der Waals surface area (Å²) in [6, 6.07) is 27.4. The summed E-state index contributed by atoms with van der Waals surface area (Å²) in [6.07, 6.45) is 0.293. The quantitative estimate of drug-likeness (QED) is 0.566. The molecule has 0 bridgehead atoms. The van der Waals surface area contributed by atoms with Gasteiger partial charge < -0.3 is 10.6 Å². The van der Waals surface area contributed by atoms with Crippen LogP contribution in [0.2, 0.25) is 0 Å². The maximum atomic E-state index is 13.6. The normalized spacial score (nSPS) is 18.8. The molecule has 3 aromatic rings. The molecule has 32 heavy (non-hydrogen) atoms. The van der Waals surface area contributed by atoms with Crippen LogP contribution in [0.25, 0.3) is 0 Å². The molecule has 162 valence electrons. The van der Waals surface area contributed by atoms with Crippen molar-refractivity contribution in [2.24, 2.45) is 0 Å². The molecule has 1 heterocycles. The molecule has 0 spiro atoms. The van der Waals surface area contributed by atoms with Gasteiger partial charge in [-0.2, -0.15) is 0 Å². The van der Waals surface area contributed by atoms with E-state index in [9.17, 15) is 14.4 Å². The number of hydrogen-bond acceptors (Lipinski definition) is 3. The zero-order valence-electron chi connectivity index (χ0n) is 17.8. The van der Waals surface area contributed by atoms with Gasteiger partial charge in [0, 0.05) is 6.42 Å². The van der Waals surface area contributed by atoms with Gasteiger partial charge in [-0.05, 0) is 23.6 Å². The minimum absolute atomic E-state index is 0.243. The van der Waals surface area contributed by atoms with Gasteiger partial charge in [0.25, 0.3) is 5.91 Å². The minimum atomic E-state index is -1.26. The summed E-state index contributed by atoms with van der Waals surface area (Å²) in [7, 11) is 0. The van der Waals surface area contributed by atoms with Crippen molar-refractivity contribution in [2.45, 2.75) is 24.9 Å². The largest absolute Gasteiger partial charge is 0.348 e. The van der Waals surface area contributed by atoms with E-state index in [1.807, 2.05) is 97.9 Å². The highest BCUT2D eigenvalue weighted by Gasteiger charge is 2.52. The number of carbonyl (C=O) groups excluding carboxylic acids is 3. The molecule has 0 radical (unpaired) electrons. The predicted molar refractivity (Wildman–Crippen MR) is 122 cm³/mol. The molecule has 0 aliphatic carbocycles. The van der Waals surface area contributed by atoms with Gasteiger partial charge in [0.1, 0.15) is 6.54 Å². The lowest BCUT2D eigenvalue weighted by Gasteiger charge is -2.27. The highest BCUT2D eigenvalue weighted by Crippen LogP contribution is 2.33. The Labute approximate surface area is 187 Å². The zero-order chi connectivity index (χ0) is 22.6. The lowest BCUT2D eigenvalue weighted by molar-refractivity contribution is -0.135. The summed E-state index contributed by atoms with van der Waals surface area (Å²) < 4.78 is 0. The number of nitrogens with zero attached hydrogens (tertiary/aromatic N) is 1. The van der Waals surface area contributed by atoms with Crippen LogP contribution in [-0.4, -0.2) is 29.3 Å². The third-order valence-electron chi connectivity index (χ3n) is 5.73. The first-order chi connectivity index (χ1) is 15.5. The number of rotatable bonds is 7. The molecule has 6 heteroatoms. The Bertz CT molecular complexity index is 1100. The molecule has 2 atom stereocenters. The van der Waals surface area contributed by atoms with Crippen molar-refractivity contribution in [3.05, 3.63) is 108 Å². The van der Waals surface area contributed by atoms with Gasteiger partial charge in [-0.15, -0.1) is 0 Å². The van der Waals surface area contributed by atoms with Crippen LogP contribution in [0.5, 0.6) is 0 Å². The molecule has 3 aromatic carbocycles. The van der Waals surface area contributed by atoms with Gasteiger partial charge in [-0.3, -0.25) is 14.5 Å². The molecule has 2 N–H and O–H groups in total. The van der Waals surface area contributed by atoms with E-state index in [2.05, 4.69) is 10.6 Å². The van der Waals surface area contributed by atoms with Crippen LogP contribution < -0.4 is 10.6 Å². The fraction of sp³-hybridized carbons (Fsp3) is 0.192. The Morgan fingerprint density at radius 2 is 1.47 bits per heavy atom. The van der Waals surface area contributed by atoms with Crippen LogP contribution >= 0.6 is 0 Å². The third kappa shape index (κ3) is 4.25. The second-order valence-electron chi connectivity index (χ2n) is 7.96. The van der Waals surface area contributed by atoms with Crippen molar-refractivity contribution in [1.29, 1.82) is 0 Å². The van der Waals surface area contributed by atoms with Crippen molar-refractivity contribution in [3.8, 4) is 0 Å². The fourth-order valence-electron chi connectivity index (χ4n) is 4.07. The van der Waals surface area contributed by atoms with Crippen molar-refractivity contribution in [1.82, 2.24) is 15.5 Å². The van der Waals surface area contributed by atoms with E-state index in [1.54, 1.807) is 0 Å². The second kappa shape index (κ2) is 9.06. The third-order valence-corrected chi connectivity index (χ3v) is 5.73. The number of hydrogen-bond donors (Lipinski definition) is 2. The number of benzene rings is 3. The van der Waals surface area contributed by atoms with Crippen molar-refractivity contribution < 1.29 is 14.4 Å². The van der Waals surface area contributed by atoms with Crippen molar-refractivity contribution >= 4 is 17.8 Å². The number of carbonyl (C=O) groups is 3. The van der Waals surface area contributed by atoms with E-state index >= 15 is 0 Å². The summed E-state index contributed by atoms with van der Waals surface area (Å²) in [5.74, 6) is -0.825. The maximum absolute atomic E-state index is 13.6. The Balaban J connectivity index is 1.56. The average Bonchev–Trinajstić information content (AvgIpc) is 3.05. The van der Waals surface area contributed by atoms with Crippen LogP contribution in [0, 0.1) is 0 Å². The molecule has 0 aromatic heterocycles. The molecule has 1 saturated heterocycles. The van der Waals surface area contributed by atoms with E-state index in [-0.39, 0.29) is 12.6 Å². The number of urea groups is 1. The predicted octanol–water partition coefficient (Wildman–Crippen LogP) is 3.55. The topological polar surface area (TPSA) is 78.5 Å². The second-order valence-corrected chi connectivity index (χ2v) is 7.96. The Hall–Kier alpha value is -3.93. The SMILES string of the molecule is C[C@@H](NC(=O)CN1C(=O)N[C@@](Cc2ccccc2)(c2ccccc2)C1=O)c1ccccc1. The van der Waals surface area contributed by atoms with Gasteiger partial charge in [0.15, 0.2) is 5.54 Å². The van der Waals surface area contributed by atoms with Crippen LogP contribution in [0.3, 0.4) is 0 Å². The summed E-state index contributed by atoms with van der Waals surface area (Å²) >= 11 is 0. The molecule has 4 rings (SSSR count). The zero-order valence-corrected chi connectivity index (χ0v) is 17.8. The molecule has 1 fully saturated rings. The molecule has 0 saturated carbocycles.